The molecule has 1 aliphatic rings. The van der Waals surface area contributed by atoms with Gasteiger partial charge in [-0.1, -0.05) is 35.9 Å². The van der Waals surface area contributed by atoms with E-state index in [-0.39, 0.29) is 0 Å². The molecule has 0 saturated carbocycles. The van der Waals surface area contributed by atoms with Crippen LogP contribution in [0.5, 0.6) is 0 Å². The lowest BCUT2D eigenvalue weighted by Crippen LogP contribution is -2.03. The van der Waals surface area contributed by atoms with Gasteiger partial charge in [-0.05, 0) is 22.7 Å². The van der Waals surface area contributed by atoms with Crippen molar-refractivity contribution in [3.63, 3.8) is 0 Å². The van der Waals surface area contributed by atoms with Gasteiger partial charge in [0.25, 0.3) is 0 Å². The van der Waals surface area contributed by atoms with Gasteiger partial charge in [-0.25, -0.2) is 0 Å². The van der Waals surface area contributed by atoms with Crippen LogP contribution in [0.2, 0.25) is 0 Å². The molecule has 0 fully saturated rings. The molecule has 46 valence electrons. The van der Waals surface area contributed by atoms with Crippen LogP contribution in [0.3, 0.4) is 0 Å². The normalized spacial score (nSPS) is 25.6. The quantitative estimate of drug-likeness (QED) is 0.530. The summed E-state index contributed by atoms with van der Waals surface area (Å²) in [4.78, 5) is 0. The predicted octanol–water partition coefficient (Wildman–Crippen LogP) is 3.09. The highest BCUT2D eigenvalue weighted by Crippen LogP contribution is 2.38. The minimum atomic E-state index is 0.527. The average Bonchev–Trinajstić information content (AvgIpc) is 1.82. The highest BCUT2D eigenvalue weighted by Gasteiger charge is 2.22. The number of allylic oxidation sites excluding steroid dienone is 2. The summed E-state index contributed by atoms with van der Waals surface area (Å²) >= 11 is 3.47. The molecule has 0 unspecified atom stereocenters. The largest absolute Gasteiger partial charge is 0.0738 e. The van der Waals surface area contributed by atoms with Crippen molar-refractivity contribution in [2.24, 2.45) is 5.41 Å². The summed E-state index contributed by atoms with van der Waals surface area (Å²) in [5.74, 6) is 0. The zero-order valence-electron chi connectivity index (χ0n) is 5.37. The Labute approximate surface area is 59.1 Å². The molecule has 0 spiro atoms. The highest BCUT2D eigenvalue weighted by atomic mass is 79.9. The smallest absolute Gasteiger partial charge is 0.00836 e. The fourth-order valence-corrected chi connectivity index (χ4v) is 1.91. The van der Waals surface area contributed by atoms with Gasteiger partial charge >= 0.3 is 0 Å². The van der Waals surface area contributed by atoms with E-state index in [0.717, 1.165) is 0 Å². The second kappa shape index (κ2) is 1.87. The predicted molar refractivity (Wildman–Crippen MR) is 40.0 cm³/mol. The van der Waals surface area contributed by atoms with E-state index in [9.17, 15) is 0 Å². The van der Waals surface area contributed by atoms with Crippen LogP contribution in [0.1, 0.15) is 26.7 Å². The molecule has 0 aromatic carbocycles. The third-order valence-corrected chi connectivity index (χ3v) is 2.13. The van der Waals surface area contributed by atoms with Crippen molar-refractivity contribution in [1.82, 2.24) is 0 Å². The molecule has 0 atom stereocenters. The molecule has 0 bridgehead atoms. The van der Waals surface area contributed by atoms with E-state index in [0.29, 0.717) is 5.41 Å². The molecule has 8 heavy (non-hydrogen) atoms. The Morgan fingerprint density at radius 2 is 2.25 bits per heavy atom. The first-order chi connectivity index (χ1) is 3.60. The maximum Gasteiger partial charge on any atom is -0.00836 e. The number of hydrogen-bond acceptors (Lipinski definition) is 0. The molecule has 0 aromatic rings. The zero-order chi connectivity index (χ0) is 6.20. The molecule has 0 aliphatic heterocycles. The fraction of sp³-hybridized carbons (Fsp3) is 0.714. The van der Waals surface area contributed by atoms with Crippen LogP contribution in [-0.2, 0) is 0 Å². The Kier molecular flexibility index (Phi) is 1.48. The van der Waals surface area contributed by atoms with Gasteiger partial charge in [0, 0.05) is 0 Å². The maximum atomic E-state index is 3.47. The molecule has 1 heteroatoms. The molecule has 1 aliphatic carbocycles. The third-order valence-electron chi connectivity index (χ3n) is 1.52. The molecular weight excluding hydrogens is 164 g/mol. The summed E-state index contributed by atoms with van der Waals surface area (Å²) in [6, 6.07) is 0. The highest BCUT2D eigenvalue weighted by molar-refractivity contribution is 9.11. The van der Waals surface area contributed by atoms with Crippen molar-refractivity contribution < 1.29 is 0 Å². The van der Waals surface area contributed by atoms with Gasteiger partial charge in [0.1, 0.15) is 0 Å². The lowest BCUT2D eigenvalue weighted by Gasteiger charge is -2.14. The molecule has 0 radical (unpaired) electrons. The van der Waals surface area contributed by atoms with E-state index in [1.165, 1.54) is 17.3 Å². The van der Waals surface area contributed by atoms with Crippen molar-refractivity contribution in [2.75, 3.05) is 0 Å². The zero-order valence-corrected chi connectivity index (χ0v) is 6.96. The molecule has 0 amide bonds. The van der Waals surface area contributed by atoms with Gasteiger partial charge in [0.05, 0.1) is 0 Å². The standard InChI is InChI=1S/C7H11Br/c1-7(2)4-3-6(8)5-7/h3H,4-5H2,1-2H3. The topological polar surface area (TPSA) is 0 Å². The fourth-order valence-electron chi connectivity index (χ4n) is 0.989. The Bertz CT molecular complexity index is 122. The molecule has 1 rings (SSSR count). The molecule has 0 aromatic heterocycles. The van der Waals surface area contributed by atoms with Gasteiger partial charge < -0.3 is 0 Å². The van der Waals surface area contributed by atoms with Crippen LogP contribution >= 0.6 is 15.9 Å². The molecule has 0 saturated heterocycles. The second-order valence-corrected chi connectivity index (χ2v) is 4.21. The van der Waals surface area contributed by atoms with Gasteiger partial charge in [0.2, 0.25) is 0 Å². The average molecular weight is 175 g/mol. The van der Waals surface area contributed by atoms with E-state index in [1.54, 1.807) is 0 Å². The Morgan fingerprint density at radius 1 is 1.62 bits per heavy atom. The molecule has 0 nitrogen and oxygen atoms in total. The minimum absolute atomic E-state index is 0.527. The van der Waals surface area contributed by atoms with Crippen molar-refractivity contribution in [3.05, 3.63) is 10.6 Å². The Morgan fingerprint density at radius 3 is 2.38 bits per heavy atom. The van der Waals surface area contributed by atoms with E-state index < -0.39 is 0 Å². The lowest BCUT2D eigenvalue weighted by atomic mass is 9.91. The summed E-state index contributed by atoms with van der Waals surface area (Å²) in [7, 11) is 0. The number of halogens is 1. The van der Waals surface area contributed by atoms with E-state index in [2.05, 4.69) is 35.9 Å². The third kappa shape index (κ3) is 1.35. The monoisotopic (exact) mass is 174 g/mol. The van der Waals surface area contributed by atoms with Crippen molar-refractivity contribution in [1.29, 1.82) is 0 Å². The van der Waals surface area contributed by atoms with Crippen molar-refractivity contribution >= 4 is 15.9 Å². The van der Waals surface area contributed by atoms with Gasteiger partial charge in [-0.2, -0.15) is 0 Å². The van der Waals surface area contributed by atoms with Crippen LogP contribution in [0, 0.1) is 5.41 Å². The van der Waals surface area contributed by atoms with Crippen LogP contribution in [0.4, 0.5) is 0 Å². The van der Waals surface area contributed by atoms with Gasteiger partial charge in [-0.15, -0.1) is 0 Å². The summed E-state index contributed by atoms with van der Waals surface area (Å²) in [5, 5.41) is 0. The number of hydrogen-bond donors (Lipinski definition) is 0. The maximum absolute atomic E-state index is 3.47. The summed E-state index contributed by atoms with van der Waals surface area (Å²) in [5.41, 5.74) is 0.527. The van der Waals surface area contributed by atoms with Crippen molar-refractivity contribution in [3.8, 4) is 0 Å². The SMILES string of the molecule is CC1(C)CC=C(Br)C1. The molecular formula is C7H11Br. The van der Waals surface area contributed by atoms with Crippen LogP contribution in [0.15, 0.2) is 10.6 Å². The molecule has 0 N–H and O–H groups in total. The first kappa shape index (κ1) is 6.34. The van der Waals surface area contributed by atoms with Crippen LogP contribution in [0.25, 0.3) is 0 Å². The first-order valence-electron chi connectivity index (χ1n) is 2.95. The van der Waals surface area contributed by atoms with Crippen LogP contribution in [-0.4, -0.2) is 0 Å². The first-order valence-corrected chi connectivity index (χ1v) is 3.74. The van der Waals surface area contributed by atoms with E-state index >= 15 is 0 Å². The Balaban J connectivity index is 2.55. The number of rotatable bonds is 0. The minimum Gasteiger partial charge on any atom is -0.0738 e. The molecule has 0 heterocycles. The van der Waals surface area contributed by atoms with E-state index in [1.807, 2.05) is 0 Å². The van der Waals surface area contributed by atoms with Crippen LogP contribution < -0.4 is 0 Å². The van der Waals surface area contributed by atoms with E-state index in [4.69, 9.17) is 0 Å². The lowest BCUT2D eigenvalue weighted by molar-refractivity contribution is 0.398. The summed E-state index contributed by atoms with van der Waals surface area (Å²) in [6.07, 6.45) is 4.71. The van der Waals surface area contributed by atoms with Gasteiger partial charge in [0.15, 0.2) is 0 Å². The summed E-state index contributed by atoms with van der Waals surface area (Å²) in [6.45, 7) is 4.58. The Hall–Kier alpha value is 0.220. The summed E-state index contributed by atoms with van der Waals surface area (Å²) < 4.78 is 1.38. The second-order valence-electron chi connectivity index (χ2n) is 3.20. The van der Waals surface area contributed by atoms with Crippen molar-refractivity contribution in [2.45, 2.75) is 26.7 Å². The van der Waals surface area contributed by atoms with Gasteiger partial charge in [-0.3, -0.25) is 0 Å².